The second-order valence-electron chi connectivity index (χ2n) is 5.55. The largest absolute Gasteiger partial charge is 0.484 e. The van der Waals surface area contributed by atoms with Crippen LogP contribution in [0.25, 0.3) is 0 Å². The van der Waals surface area contributed by atoms with E-state index >= 15 is 0 Å². The first kappa shape index (κ1) is 19.1. The molecular weight excluding hydrogens is 392 g/mol. The maximum Gasteiger partial charge on any atom is 0.262 e. The van der Waals surface area contributed by atoms with E-state index in [-0.39, 0.29) is 17.4 Å². The van der Waals surface area contributed by atoms with Crippen LogP contribution in [0.3, 0.4) is 0 Å². The molecule has 138 valence electrons. The number of ether oxygens (including phenoxy) is 1. The number of nitrogens with two attached hydrogens (primary N) is 1. The highest BCUT2D eigenvalue weighted by Crippen LogP contribution is 2.45. The third-order valence-corrected chi connectivity index (χ3v) is 7.64. The lowest BCUT2D eigenvalue weighted by Gasteiger charge is -2.11. The van der Waals surface area contributed by atoms with Crippen LogP contribution in [-0.2, 0) is 14.8 Å². The highest BCUT2D eigenvalue weighted by Gasteiger charge is 2.18. The van der Waals surface area contributed by atoms with Crippen LogP contribution in [0, 0.1) is 0 Å². The normalized spacial score (nSPS) is 15.0. The van der Waals surface area contributed by atoms with Crippen LogP contribution in [0.15, 0.2) is 53.4 Å². The summed E-state index contributed by atoms with van der Waals surface area (Å²) in [7, 11) is -3.74. The number of primary sulfonamides is 1. The highest BCUT2D eigenvalue weighted by atomic mass is 32.2. The number of nitrogens with one attached hydrogen (secondary N) is 1. The highest BCUT2D eigenvalue weighted by molar-refractivity contribution is 8.19. The number of hydrogen-bond donors (Lipinski definition) is 2. The number of thioether (sulfide) groups is 2. The number of amides is 1. The van der Waals surface area contributed by atoms with Gasteiger partial charge in [0.1, 0.15) is 5.75 Å². The molecule has 0 atom stereocenters. The van der Waals surface area contributed by atoms with Gasteiger partial charge in [0.15, 0.2) is 6.61 Å². The van der Waals surface area contributed by atoms with Gasteiger partial charge in [0.2, 0.25) is 10.0 Å². The first-order valence-electron chi connectivity index (χ1n) is 7.80. The standard InChI is InChI=1S/C17H18N2O4S3/c18-26(21,22)15-7-3-13(4-8-15)19-16(20)11-23-14-5-1-12(2-6-14)17-24-9-10-25-17/h1-8,17H,9-11H2,(H,19,20)(H2,18,21,22). The maximum atomic E-state index is 12.0. The first-order valence-corrected chi connectivity index (χ1v) is 11.4. The van der Waals surface area contributed by atoms with Crippen LogP contribution in [-0.4, -0.2) is 32.4 Å². The van der Waals surface area contributed by atoms with E-state index in [1.54, 1.807) is 0 Å². The van der Waals surface area contributed by atoms with E-state index < -0.39 is 10.0 Å². The van der Waals surface area contributed by atoms with Crippen molar-refractivity contribution in [1.29, 1.82) is 0 Å². The molecule has 26 heavy (non-hydrogen) atoms. The fraction of sp³-hybridized carbons (Fsp3) is 0.235. The Bertz CT molecular complexity index is 862. The van der Waals surface area contributed by atoms with Crippen molar-refractivity contribution in [2.24, 2.45) is 5.14 Å². The molecule has 0 saturated carbocycles. The van der Waals surface area contributed by atoms with Crippen molar-refractivity contribution in [2.45, 2.75) is 9.48 Å². The van der Waals surface area contributed by atoms with E-state index in [2.05, 4.69) is 5.32 Å². The van der Waals surface area contributed by atoms with Crippen molar-refractivity contribution < 1.29 is 17.9 Å². The van der Waals surface area contributed by atoms with Crippen molar-refractivity contribution in [3.8, 4) is 5.75 Å². The van der Waals surface area contributed by atoms with E-state index in [4.69, 9.17) is 9.88 Å². The Balaban J connectivity index is 1.50. The lowest BCUT2D eigenvalue weighted by atomic mass is 10.2. The van der Waals surface area contributed by atoms with E-state index in [0.29, 0.717) is 16.0 Å². The lowest BCUT2D eigenvalue weighted by molar-refractivity contribution is -0.118. The molecule has 0 spiro atoms. The Morgan fingerprint density at radius 1 is 1.08 bits per heavy atom. The number of carbonyl (C=O) groups excluding carboxylic acids is 1. The fourth-order valence-electron chi connectivity index (χ4n) is 2.35. The molecule has 0 bridgehead atoms. The molecule has 1 heterocycles. The summed E-state index contributed by atoms with van der Waals surface area (Å²) >= 11 is 3.87. The second kappa shape index (κ2) is 8.34. The molecule has 1 amide bonds. The third kappa shape index (κ3) is 5.16. The molecule has 0 aromatic heterocycles. The quantitative estimate of drug-likeness (QED) is 0.760. The zero-order chi connectivity index (χ0) is 18.6. The predicted molar refractivity (Wildman–Crippen MR) is 106 cm³/mol. The summed E-state index contributed by atoms with van der Waals surface area (Å²) in [5, 5.41) is 7.67. The smallest absolute Gasteiger partial charge is 0.262 e. The minimum Gasteiger partial charge on any atom is -0.484 e. The molecule has 2 aromatic rings. The summed E-state index contributed by atoms with van der Waals surface area (Å²) in [5.41, 5.74) is 1.72. The van der Waals surface area contributed by atoms with Gasteiger partial charge in [-0.3, -0.25) is 4.79 Å². The summed E-state index contributed by atoms with van der Waals surface area (Å²) in [4.78, 5) is 11.9. The van der Waals surface area contributed by atoms with Gasteiger partial charge in [-0.05, 0) is 42.0 Å². The van der Waals surface area contributed by atoms with Gasteiger partial charge in [-0.25, -0.2) is 13.6 Å². The summed E-state index contributed by atoms with van der Waals surface area (Å²) < 4.78 is 28.4. The van der Waals surface area contributed by atoms with Gasteiger partial charge in [0.25, 0.3) is 5.91 Å². The Morgan fingerprint density at radius 2 is 1.69 bits per heavy atom. The van der Waals surface area contributed by atoms with Gasteiger partial charge in [-0.15, -0.1) is 23.5 Å². The second-order valence-corrected chi connectivity index (χ2v) is 9.83. The van der Waals surface area contributed by atoms with Crippen LogP contribution in [0.4, 0.5) is 5.69 Å². The molecule has 0 unspecified atom stereocenters. The van der Waals surface area contributed by atoms with Crippen molar-refractivity contribution in [3.05, 3.63) is 54.1 Å². The molecule has 3 rings (SSSR count). The van der Waals surface area contributed by atoms with Gasteiger partial charge in [0, 0.05) is 17.2 Å². The first-order chi connectivity index (χ1) is 12.4. The summed E-state index contributed by atoms with van der Waals surface area (Å²) in [6.07, 6.45) is 0. The third-order valence-electron chi connectivity index (χ3n) is 3.61. The molecule has 0 radical (unpaired) electrons. The Morgan fingerprint density at radius 3 is 2.27 bits per heavy atom. The number of carbonyl (C=O) groups is 1. The van der Waals surface area contributed by atoms with Crippen molar-refractivity contribution in [3.63, 3.8) is 0 Å². The zero-order valence-electron chi connectivity index (χ0n) is 13.8. The van der Waals surface area contributed by atoms with Crippen LogP contribution in [0.5, 0.6) is 5.75 Å². The molecule has 0 aliphatic carbocycles. The van der Waals surface area contributed by atoms with E-state index in [1.165, 1.54) is 41.3 Å². The number of benzene rings is 2. The fourth-order valence-corrected chi connectivity index (χ4v) is 5.72. The molecular formula is C17H18N2O4S3. The number of hydrogen-bond acceptors (Lipinski definition) is 6. The SMILES string of the molecule is NS(=O)(=O)c1ccc(NC(=O)COc2ccc(C3SCCS3)cc2)cc1. The van der Waals surface area contributed by atoms with Crippen LogP contribution in [0.1, 0.15) is 10.1 Å². The summed E-state index contributed by atoms with van der Waals surface area (Å²) in [6.45, 7) is -0.136. The lowest BCUT2D eigenvalue weighted by Crippen LogP contribution is -2.20. The molecule has 1 saturated heterocycles. The molecule has 6 nitrogen and oxygen atoms in total. The van der Waals surface area contributed by atoms with Gasteiger partial charge < -0.3 is 10.1 Å². The number of anilines is 1. The van der Waals surface area contributed by atoms with Gasteiger partial charge in [-0.2, -0.15) is 0 Å². The number of rotatable bonds is 6. The van der Waals surface area contributed by atoms with Crippen molar-refractivity contribution in [1.82, 2.24) is 0 Å². The number of sulfonamides is 1. The van der Waals surface area contributed by atoms with Gasteiger partial charge >= 0.3 is 0 Å². The van der Waals surface area contributed by atoms with Crippen LogP contribution in [0.2, 0.25) is 0 Å². The zero-order valence-corrected chi connectivity index (χ0v) is 16.2. The molecule has 1 fully saturated rings. The maximum absolute atomic E-state index is 12.0. The average molecular weight is 411 g/mol. The topological polar surface area (TPSA) is 98.5 Å². The van der Waals surface area contributed by atoms with Crippen molar-refractivity contribution in [2.75, 3.05) is 23.4 Å². The van der Waals surface area contributed by atoms with Crippen LogP contribution < -0.4 is 15.2 Å². The molecule has 1 aliphatic rings. The minimum atomic E-state index is -3.74. The molecule has 3 N–H and O–H groups in total. The van der Waals surface area contributed by atoms with E-state index in [0.717, 1.165) is 0 Å². The monoisotopic (exact) mass is 410 g/mol. The predicted octanol–water partition coefficient (Wildman–Crippen LogP) is 2.83. The Hall–Kier alpha value is -1.68. The van der Waals surface area contributed by atoms with Gasteiger partial charge in [0.05, 0.1) is 9.48 Å². The van der Waals surface area contributed by atoms with E-state index in [9.17, 15) is 13.2 Å². The molecule has 1 aliphatic heterocycles. The average Bonchev–Trinajstić information content (AvgIpc) is 3.15. The molecule has 9 heteroatoms. The summed E-state index contributed by atoms with van der Waals surface area (Å²) in [6, 6.07) is 13.4. The van der Waals surface area contributed by atoms with Crippen LogP contribution >= 0.6 is 23.5 Å². The molecule has 2 aromatic carbocycles. The Labute approximate surface area is 160 Å². The van der Waals surface area contributed by atoms with Crippen molar-refractivity contribution >= 4 is 45.1 Å². The Kier molecular flexibility index (Phi) is 6.13. The summed E-state index contributed by atoms with van der Waals surface area (Å²) in [5.74, 6) is 2.64. The minimum absolute atomic E-state index is 0.00886. The van der Waals surface area contributed by atoms with E-state index in [1.807, 2.05) is 47.8 Å². The van der Waals surface area contributed by atoms with Gasteiger partial charge in [-0.1, -0.05) is 12.1 Å².